The number of benzene rings is 1. The minimum atomic E-state index is -4.45. The fourth-order valence-corrected chi connectivity index (χ4v) is 1.64. The first kappa shape index (κ1) is 12.3. The first-order chi connectivity index (χ1) is 8.38. The molecule has 0 unspecified atom stereocenters. The van der Waals surface area contributed by atoms with E-state index in [9.17, 15) is 13.2 Å². The van der Waals surface area contributed by atoms with Crippen molar-refractivity contribution in [1.29, 1.82) is 0 Å². The molecule has 0 radical (unpaired) electrons. The van der Waals surface area contributed by atoms with Crippen molar-refractivity contribution >= 4 is 5.82 Å². The Morgan fingerprint density at radius 3 is 2.39 bits per heavy atom. The van der Waals surface area contributed by atoms with Gasteiger partial charge in [-0.25, -0.2) is 9.97 Å². The summed E-state index contributed by atoms with van der Waals surface area (Å²) in [5.41, 5.74) is 5.21. The van der Waals surface area contributed by atoms with Crippen LogP contribution >= 0.6 is 0 Å². The minimum absolute atomic E-state index is 0.0135. The van der Waals surface area contributed by atoms with Crippen LogP contribution in [-0.4, -0.2) is 9.97 Å². The zero-order chi connectivity index (χ0) is 13.3. The number of hydrogen-bond donors (Lipinski definition) is 1. The smallest absolute Gasteiger partial charge is 0.384 e. The zero-order valence-corrected chi connectivity index (χ0v) is 9.49. The number of aromatic nitrogens is 2. The van der Waals surface area contributed by atoms with E-state index in [0.29, 0.717) is 5.69 Å². The van der Waals surface area contributed by atoms with Crippen LogP contribution in [0.1, 0.15) is 11.3 Å². The molecule has 2 rings (SSSR count). The summed E-state index contributed by atoms with van der Waals surface area (Å²) in [6, 6.07) is 6.66. The lowest BCUT2D eigenvalue weighted by atomic mass is 10.1. The molecule has 0 aliphatic heterocycles. The van der Waals surface area contributed by atoms with Crippen molar-refractivity contribution in [2.45, 2.75) is 13.1 Å². The summed E-state index contributed by atoms with van der Waals surface area (Å²) in [7, 11) is 0. The topological polar surface area (TPSA) is 51.8 Å². The van der Waals surface area contributed by atoms with Crippen LogP contribution in [0, 0.1) is 6.92 Å². The van der Waals surface area contributed by atoms with E-state index in [1.165, 1.54) is 24.3 Å². The highest BCUT2D eigenvalue weighted by Crippen LogP contribution is 2.35. The lowest BCUT2D eigenvalue weighted by Crippen LogP contribution is -2.08. The molecule has 0 fully saturated rings. The van der Waals surface area contributed by atoms with Gasteiger partial charge in [0, 0.05) is 17.3 Å². The monoisotopic (exact) mass is 253 g/mol. The van der Waals surface area contributed by atoms with E-state index >= 15 is 0 Å². The molecule has 1 heterocycles. The second-order valence-electron chi connectivity index (χ2n) is 3.80. The average molecular weight is 253 g/mol. The van der Waals surface area contributed by atoms with Crippen molar-refractivity contribution in [2.75, 3.05) is 5.73 Å². The molecule has 1 aromatic heterocycles. The Morgan fingerprint density at radius 2 is 1.78 bits per heavy atom. The molecule has 3 nitrogen and oxygen atoms in total. The summed E-state index contributed by atoms with van der Waals surface area (Å²) in [6.07, 6.45) is -4.45. The Hall–Kier alpha value is -2.11. The van der Waals surface area contributed by atoms with Gasteiger partial charge in [0.25, 0.3) is 0 Å². The molecule has 94 valence electrons. The van der Waals surface area contributed by atoms with Gasteiger partial charge in [0.1, 0.15) is 5.82 Å². The summed E-state index contributed by atoms with van der Waals surface area (Å²) >= 11 is 0. The summed E-state index contributed by atoms with van der Waals surface area (Å²) in [5, 5.41) is 0. The summed E-state index contributed by atoms with van der Waals surface area (Å²) in [4.78, 5) is 7.83. The average Bonchev–Trinajstić information content (AvgIpc) is 2.26. The van der Waals surface area contributed by atoms with Gasteiger partial charge in [0.2, 0.25) is 0 Å². The van der Waals surface area contributed by atoms with Gasteiger partial charge in [-0.2, -0.15) is 13.2 Å². The first-order valence-corrected chi connectivity index (χ1v) is 5.15. The Kier molecular flexibility index (Phi) is 2.94. The van der Waals surface area contributed by atoms with Gasteiger partial charge in [0.15, 0.2) is 5.82 Å². The van der Waals surface area contributed by atoms with Crippen LogP contribution in [0.15, 0.2) is 30.3 Å². The highest BCUT2D eigenvalue weighted by atomic mass is 19.4. The van der Waals surface area contributed by atoms with Crippen molar-refractivity contribution in [3.8, 4) is 11.4 Å². The third kappa shape index (κ3) is 2.42. The second kappa shape index (κ2) is 4.29. The molecule has 18 heavy (non-hydrogen) atoms. The fourth-order valence-electron chi connectivity index (χ4n) is 1.64. The normalized spacial score (nSPS) is 11.6. The molecule has 0 amide bonds. The van der Waals surface area contributed by atoms with Gasteiger partial charge < -0.3 is 5.73 Å². The molecule has 0 saturated heterocycles. The maximum Gasteiger partial charge on any atom is 0.417 e. The van der Waals surface area contributed by atoms with Gasteiger partial charge in [-0.1, -0.05) is 18.2 Å². The van der Waals surface area contributed by atoms with Crippen molar-refractivity contribution in [1.82, 2.24) is 9.97 Å². The van der Waals surface area contributed by atoms with E-state index < -0.39 is 11.7 Å². The van der Waals surface area contributed by atoms with Crippen LogP contribution in [-0.2, 0) is 6.18 Å². The SMILES string of the molecule is Cc1cc(N)nc(-c2ccccc2C(F)(F)F)n1. The molecular formula is C12H10F3N3. The van der Waals surface area contributed by atoms with Gasteiger partial charge in [-0.05, 0) is 13.0 Å². The first-order valence-electron chi connectivity index (χ1n) is 5.15. The zero-order valence-electron chi connectivity index (χ0n) is 9.49. The third-order valence-corrected chi connectivity index (χ3v) is 2.35. The summed E-state index contributed by atoms with van der Waals surface area (Å²) in [5.74, 6) is 0.134. The second-order valence-corrected chi connectivity index (χ2v) is 3.80. The van der Waals surface area contributed by atoms with Crippen molar-refractivity contribution in [3.63, 3.8) is 0 Å². The number of aryl methyl sites for hydroxylation is 1. The highest BCUT2D eigenvalue weighted by molar-refractivity contribution is 5.62. The molecule has 0 bridgehead atoms. The number of nitrogen functional groups attached to an aromatic ring is 1. The largest absolute Gasteiger partial charge is 0.417 e. The minimum Gasteiger partial charge on any atom is -0.384 e. The number of alkyl halides is 3. The predicted molar refractivity (Wildman–Crippen MR) is 61.6 cm³/mol. The van der Waals surface area contributed by atoms with Crippen molar-refractivity contribution in [2.24, 2.45) is 0 Å². The van der Waals surface area contributed by atoms with Crippen LogP contribution in [0.5, 0.6) is 0 Å². The van der Waals surface area contributed by atoms with Crippen LogP contribution in [0.25, 0.3) is 11.4 Å². The molecule has 2 aromatic rings. The van der Waals surface area contributed by atoms with Crippen molar-refractivity contribution in [3.05, 3.63) is 41.6 Å². The number of nitrogens with two attached hydrogens (primary N) is 1. The van der Waals surface area contributed by atoms with Crippen LogP contribution in [0.3, 0.4) is 0 Å². The Morgan fingerprint density at radius 1 is 1.11 bits per heavy atom. The number of nitrogens with zero attached hydrogens (tertiary/aromatic N) is 2. The third-order valence-electron chi connectivity index (χ3n) is 2.35. The molecule has 0 atom stereocenters. The van der Waals surface area contributed by atoms with E-state index in [-0.39, 0.29) is 17.2 Å². The maximum absolute atomic E-state index is 12.8. The lowest BCUT2D eigenvalue weighted by molar-refractivity contribution is -0.137. The number of rotatable bonds is 1. The molecule has 0 aliphatic rings. The maximum atomic E-state index is 12.8. The Bertz CT molecular complexity index is 559. The predicted octanol–water partition coefficient (Wildman–Crippen LogP) is 3.05. The number of hydrogen-bond acceptors (Lipinski definition) is 3. The van der Waals surface area contributed by atoms with Gasteiger partial charge in [0.05, 0.1) is 5.56 Å². The molecule has 6 heteroatoms. The standard InChI is InChI=1S/C12H10F3N3/c1-7-6-10(16)18-11(17-7)8-4-2-3-5-9(8)12(13,14)15/h2-6H,1H3,(H2,16,17,18). The van der Waals surface area contributed by atoms with E-state index in [2.05, 4.69) is 9.97 Å². The fraction of sp³-hybridized carbons (Fsp3) is 0.167. The molecule has 1 aromatic carbocycles. The van der Waals surface area contributed by atoms with Gasteiger partial charge >= 0.3 is 6.18 Å². The summed E-state index contributed by atoms with van der Waals surface area (Å²) in [6.45, 7) is 1.65. The highest BCUT2D eigenvalue weighted by Gasteiger charge is 2.34. The molecule has 0 saturated carbocycles. The quantitative estimate of drug-likeness (QED) is 0.849. The van der Waals surface area contributed by atoms with Crippen LogP contribution in [0.2, 0.25) is 0 Å². The van der Waals surface area contributed by atoms with E-state index in [1.807, 2.05) is 0 Å². The number of halogens is 3. The molecule has 0 aliphatic carbocycles. The molecule has 2 N–H and O–H groups in total. The van der Waals surface area contributed by atoms with Gasteiger partial charge in [-0.3, -0.25) is 0 Å². The summed E-state index contributed by atoms with van der Waals surface area (Å²) < 4.78 is 38.5. The Balaban J connectivity index is 2.64. The van der Waals surface area contributed by atoms with E-state index in [4.69, 9.17) is 5.73 Å². The van der Waals surface area contributed by atoms with Crippen LogP contribution < -0.4 is 5.73 Å². The number of anilines is 1. The van der Waals surface area contributed by atoms with E-state index in [1.54, 1.807) is 6.92 Å². The van der Waals surface area contributed by atoms with Crippen LogP contribution in [0.4, 0.5) is 19.0 Å². The molecule has 0 spiro atoms. The van der Waals surface area contributed by atoms with Gasteiger partial charge in [-0.15, -0.1) is 0 Å². The van der Waals surface area contributed by atoms with Crippen molar-refractivity contribution < 1.29 is 13.2 Å². The van der Waals surface area contributed by atoms with E-state index in [0.717, 1.165) is 6.07 Å². The Labute approximate surface area is 101 Å². The lowest BCUT2D eigenvalue weighted by Gasteiger charge is -2.12. The molecular weight excluding hydrogens is 243 g/mol.